The number of aromatic nitrogens is 1. The summed E-state index contributed by atoms with van der Waals surface area (Å²) in [5, 5.41) is 7.69. The van der Waals surface area contributed by atoms with Gasteiger partial charge in [-0.1, -0.05) is 35.6 Å². The number of hydrogen-bond acceptors (Lipinski definition) is 11. The summed E-state index contributed by atoms with van der Waals surface area (Å²) in [6.07, 6.45) is 5.72. The van der Waals surface area contributed by atoms with Gasteiger partial charge in [-0.05, 0) is 54.0 Å². The number of methoxy groups -OCH3 is 5. The van der Waals surface area contributed by atoms with Gasteiger partial charge in [0.25, 0.3) is 5.91 Å². The molecule has 11 nitrogen and oxygen atoms in total. The Morgan fingerprint density at radius 3 is 2.47 bits per heavy atom. The highest BCUT2D eigenvalue weighted by Gasteiger charge is 2.41. The number of rotatable bonds is 12. The highest BCUT2D eigenvalue weighted by atomic mass is 32.1. The number of nitrogens with zero attached hydrogens (tertiary/aromatic N) is 2. The maximum Gasteiger partial charge on any atom is 0.252 e. The lowest BCUT2D eigenvalue weighted by Crippen LogP contribution is -2.47. The van der Waals surface area contributed by atoms with Crippen LogP contribution in [0.4, 0.5) is 5.13 Å². The summed E-state index contributed by atoms with van der Waals surface area (Å²) in [5.41, 5.74) is 4.36. The number of amides is 1. The van der Waals surface area contributed by atoms with Crippen molar-refractivity contribution < 1.29 is 38.1 Å². The van der Waals surface area contributed by atoms with Crippen LogP contribution in [0.3, 0.4) is 0 Å². The highest BCUT2D eigenvalue weighted by molar-refractivity contribution is 7.22. The van der Waals surface area contributed by atoms with Crippen molar-refractivity contribution in [1.82, 2.24) is 4.98 Å². The van der Waals surface area contributed by atoms with Gasteiger partial charge < -0.3 is 33.3 Å². The van der Waals surface area contributed by atoms with E-state index in [-0.39, 0.29) is 12.5 Å². The molecule has 0 spiro atoms. The molecule has 43 heavy (non-hydrogen) atoms. The Morgan fingerprint density at radius 2 is 1.81 bits per heavy atom. The molecule has 1 amide bonds. The van der Waals surface area contributed by atoms with Crippen LogP contribution in [0.2, 0.25) is 0 Å². The molecule has 3 aromatic rings. The molecule has 0 bridgehead atoms. The third-order valence-electron chi connectivity index (χ3n) is 7.43. The Balaban J connectivity index is 1.28. The first-order valence-corrected chi connectivity index (χ1v) is 14.5. The first-order chi connectivity index (χ1) is 20.9. The van der Waals surface area contributed by atoms with Crippen molar-refractivity contribution >= 4 is 38.3 Å². The second kappa shape index (κ2) is 13.1. The zero-order valence-corrected chi connectivity index (χ0v) is 25.8. The van der Waals surface area contributed by atoms with Crippen molar-refractivity contribution in [3.05, 3.63) is 65.3 Å². The van der Waals surface area contributed by atoms with Crippen LogP contribution >= 0.6 is 11.3 Å². The van der Waals surface area contributed by atoms with Crippen LogP contribution in [-0.2, 0) is 30.3 Å². The predicted octanol–water partition coefficient (Wildman–Crippen LogP) is 4.89. The molecule has 2 aromatic carbocycles. The Bertz CT molecular complexity index is 1550. The first kappa shape index (κ1) is 30.5. The summed E-state index contributed by atoms with van der Waals surface area (Å²) < 4.78 is 34.9. The lowest BCUT2D eigenvalue weighted by molar-refractivity contribution is -0.225. The summed E-state index contributed by atoms with van der Waals surface area (Å²) >= 11 is 1.42. The molecule has 0 radical (unpaired) electrons. The van der Waals surface area contributed by atoms with Crippen LogP contribution in [0.5, 0.6) is 17.2 Å². The first-order valence-electron chi connectivity index (χ1n) is 13.7. The van der Waals surface area contributed by atoms with E-state index in [1.807, 2.05) is 36.4 Å². The second-order valence-corrected chi connectivity index (χ2v) is 10.9. The van der Waals surface area contributed by atoms with Crippen molar-refractivity contribution in [2.24, 2.45) is 5.16 Å². The summed E-state index contributed by atoms with van der Waals surface area (Å²) in [7, 11) is 7.72. The van der Waals surface area contributed by atoms with Gasteiger partial charge in [0.05, 0.1) is 37.3 Å². The SMILES string of the molecule is CCc1ccc2nc(NC(=O)COC3C=C(C4CC(c5cc(OC)c(OC)c(OC)c5)=NO4)C=CC3(OC)OC)sc2c1. The number of oxime groups is 1. The molecule has 12 heteroatoms. The number of fused-ring (bicyclic) bond motifs is 1. The van der Waals surface area contributed by atoms with Crippen LogP contribution in [0, 0.1) is 0 Å². The van der Waals surface area contributed by atoms with Crippen LogP contribution in [0.25, 0.3) is 10.2 Å². The largest absolute Gasteiger partial charge is 0.493 e. The molecule has 2 unspecified atom stereocenters. The van der Waals surface area contributed by atoms with E-state index < -0.39 is 18.0 Å². The molecular weight excluding hydrogens is 574 g/mol. The lowest BCUT2D eigenvalue weighted by atomic mass is 9.92. The van der Waals surface area contributed by atoms with Gasteiger partial charge in [0, 0.05) is 26.2 Å². The fourth-order valence-corrected chi connectivity index (χ4v) is 5.97. The number of carbonyl (C=O) groups is 1. The van der Waals surface area contributed by atoms with Crippen molar-refractivity contribution in [3.8, 4) is 17.2 Å². The molecule has 1 N–H and O–H groups in total. The molecule has 1 aliphatic carbocycles. The molecule has 0 saturated carbocycles. The minimum atomic E-state index is -1.23. The normalized spacial score (nSPS) is 19.0. The molecule has 1 aliphatic heterocycles. The predicted molar refractivity (Wildman–Crippen MR) is 163 cm³/mol. The van der Waals surface area contributed by atoms with E-state index in [0.29, 0.717) is 34.5 Å². The van der Waals surface area contributed by atoms with Gasteiger partial charge >= 0.3 is 0 Å². The van der Waals surface area contributed by atoms with Crippen LogP contribution in [0.15, 0.2) is 59.3 Å². The van der Waals surface area contributed by atoms with Crippen molar-refractivity contribution in [1.29, 1.82) is 0 Å². The Kier molecular flexibility index (Phi) is 9.31. The van der Waals surface area contributed by atoms with Gasteiger partial charge in [-0.3, -0.25) is 10.1 Å². The Hall–Kier alpha value is -3.97. The fourth-order valence-electron chi connectivity index (χ4n) is 5.02. The van der Waals surface area contributed by atoms with Crippen molar-refractivity contribution in [2.45, 2.75) is 37.8 Å². The lowest BCUT2D eigenvalue weighted by Gasteiger charge is -2.36. The van der Waals surface area contributed by atoms with Crippen molar-refractivity contribution in [2.75, 3.05) is 47.5 Å². The minimum Gasteiger partial charge on any atom is -0.493 e. The van der Waals surface area contributed by atoms with E-state index in [4.69, 9.17) is 33.3 Å². The number of nitrogens with one attached hydrogen (secondary N) is 1. The van der Waals surface area contributed by atoms with Gasteiger partial charge in [0.1, 0.15) is 12.7 Å². The molecule has 1 aromatic heterocycles. The molecule has 2 heterocycles. The number of aryl methyl sites for hydroxylation is 1. The second-order valence-electron chi connectivity index (χ2n) is 9.83. The number of carbonyl (C=O) groups excluding carboxylic acids is 1. The van der Waals surface area contributed by atoms with E-state index in [1.165, 1.54) is 31.1 Å². The molecule has 2 atom stereocenters. The van der Waals surface area contributed by atoms with E-state index >= 15 is 0 Å². The van der Waals surface area contributed by atoms with Gasteiger partial charge in [0.15, 0.2) is 22.7 Å². The average molecular weight is 610 g/mol. The molecule has 0 fully saturated rings. The topological polar surface area (TPSA) is 119 Å². The maximum absolute atomic E-state index is 12.9. The summed E-state index contributed by atoms with van der Waals surface area (Å²) in [6, 6.07) is 9.75. The quantitative estimate of drug-likeness (QED) is 0.287. The van der Waals surface area contributed by atoms with Gasteiger partial charge in [0.2, 0.25) is 11.5 Å². The van der Waals surface area contributed by atoms with Crippen LogP contribution in [0.1, 0.15) is 24.5 Å². The minimum absolute atomic E-state index is 0.244. The zero-order chi connectivity index (χ0) is 30.6. The zero-order valence-electron chi connectivity index (χ0n) is 25.0. The monoisotopic (exact) mass is 609 g/mol. The van der Waals surface area contributed by atoms with Crippen molar-refractivity contribution in [3.63, 3.8) is 0 Å². The number of benzene rings is 2. The van der Waals surface area contributed by atoms with E-state index in [1.54, 1.807) is 27.4 Å². The Labute approximate surface area is 254 Å². The van der Waals surface area contributed by atoms with Crippen LogP contribution in [-0.4, -0.2) is 76.8 Å². The number of anilines is 1. The van der Waals surface area contributed by atoms with Gasteiger partial charge in [-0.2, -0.15) is 0 Å². The number of thiazole rings is 1. The molecule has 5 rings (SSSR count). The summed E-state index contributed by atoms with van der Waals surface area (Å²) in [5.74, 6) is -0.0301. The van der Waals surface area contributed by atoms with E-state index in [9.17, 15) is 4.79 Å². The molecular formula is C31H35N3O8S. The smallest absolute Gasteiger partial charge is 0.252 e. The van der Waals surface area contributed by atoms with E-state index in [2.05, 4.69) is 28.4 Å². The summed E-state index contributed by atoms with van der Waals surface area (Å²) in [4.78, 5) is 23.2. The standard InChI is InChI=1S/C31H35N3O8S/c1-7-18-8-9-21-26(12-18)43-30(32-21)33-28(35)17-41-27-15-19(10-11-31(27,39-5)40-6)23-16-22(34-42-23)20-13-24(36-2)29(38-4)25(14-20)37-3/h8-15,23,27H,7,16-17H2,1-6H3,(H,32,33,35). The third kappa shape index (κ3) is 6.23. The van der Waals surface area contributed by atoms with E-state index in [0.717, 1.165) is 27.8 Å². The Morgan fingerprint density at radius 1 is 1.07 bits per heavy atom. The number of ether oxygens (including phenoxy) is 6. The van der Waals surface area contributed by atoms with Gasteiger partial charge in [-0.15, -0.1) is 0 Å². The fraction of sp³-hybridized carbons (Fsp3) is 0.387. The number of hydrogen-bond donors (Lipinski definition) is 1. The molecule has 228 valence electrons. The van der Waals surface area contributed by atoms with Crippen LogP contribution < -0.4 is 19.5 Å². The maximum atomic E-state index is 12.9. The molecule has 2 aliphatic rings. The third-order valence-corrected chi connectivity index (χ3v) is 8.36. The van der Waals surface area contributed by atoms with Gasteiger partial charge in [-0.25, -0.2) is 4.98 Å². The average Bonchev–Trinajstić information content (AvgIpc) is 3.69. The molecule has 0 saturated heterocycles. The highest BCUT2D eigenvalue weighted by Crippen LogP contribution is 2.40. The summed E-state index contributed by atoms with van der Waals surface area (Å²) in [6.45, 7) is 1.86.